The van der Waals surface area contributed by atoms with Crippen LogP contribution in [0.15, 0.2) is 18.7 Å². The molecule has 80 valence electrons. The van der Waals surface area contributed by atoms with Crippen LogP contribution in [0.3, 0.4) is 0 Å². The van der Waals surface area contributed by atoms with Crippen LogP contribution in [0.4, 0.5) is 0 Å². The first-order chi connectivity index (χ1) is 7.29. The van der Waals surface area contributed by atoms with Crippen molar-refractivity contribution >= 4 is 0 Å². The molecule has 2 aromatic rings. The summed E-state index contributed by atoms with van der Waals surface area (Å²) in [7, 11) is 1.89. The van der Waals surface area contributed by atoms with Gasteiger partial charge in [-0.05, 0) is 12.0 Å². The molecule has 0 aliphatic heterocycles. The highest BCUT2D eigenvalue weighted by Crippen LogP contribution is 2.01. The molecule has 2 heterocycles. The summed E-state index contributed by atoms with van der Waals surface area (Å²) >= 11 is 0. The standard InChI is InChI=1S/C9H13N5O/c1-13-5-8(4-11-13)2-3-14-9(6-15)10-7-12-14/h4-5,7,15H,2-3,6H2,1H3. The van der Waals surface area contributed by atoms with E-state index in [1.165, 1.54) is 6.33 Å². The highest BCUT2D eigenvalue weighted by Gasteiger charge is 2.03. The second kappa shape index (κ2) is 4.22. The minimum Gasteiger partial charge on any atom is -0.388 e. The van der Waals surface area contributed by atoms with Crippen molar-refractivity contribution in [3.05, 3.63) is 30.1 Å². The molecule has 1 N–H and O–H groups in total. The van der Waals surface area contributed by atoms with Crippen molar-refractivity contribution in [1.29, 1.82) is 0 Å². The highest BCUT2D eigenvalue weighted by molar-refractivity contribution is 5.03. The molecule has 6 nitrogen and oxygen atoms in total. The van der Waals surface area contributed by atoms with E-state index < -0.39 is 0 Å². The number of aliphatic hydroxyl groups is 1. The molecule has 0 aliphatic rings. The van der Waals surface area contributed by atoms with Gasteiger partial charge in [-0.1, -0.05) is 0 Å². The van der Waals surface area contributed by atoms with Gasteiger partial charge in [0.2, 0.25) is 0 Å². The molecule has 2 rings (SSSR count). The predicted molar refractivity (Wildman–Crippen MR) is 52.9 cm³/mol. The Morgan fingerprint density at radius 1 is 1.40 bits per heavy atom. The molecule has 0 saturated heterocycles. The number of hydrogen-bond acceptors (Lipinski definition) is 4. The topological polar surface area (TPSA) is 68.8 Å². The SMILES string of the molecule is Cn1cc(CCn2ncnc2CO)cn1. The summed E-state index contributed by atoms with van der Waals surface area (Å²) in [5.74, 6) is 0.596. The maximum absolute atomic E-state index is 8.97. The third-order valence-corrected chi connectivity index (χ3v) is 2.21. The van der Waals surface area contributed by atoms with Gasteiger partial charge in [-0.25, -0.2) is 9.67 Å². The quantitative estimate of drug-likeness (QED) is 0.750. The largest absolute Gasteiger partial charge is 0.388 e. The maximum Gasteiger partial charge on any atom is 0.152 e. The van der Waals surface area contributed by atoms with Crippen LogP contribution >= 0.6 is 0 Å². The lowest BCUT2D eigenvalue weighted by atomic mass is 10.2. The van der Waals surface area contributed by atoms with E-state index in [1.54, 1.807) is 9.36 Å². The monoisotopic (exact) mass is 207 g/mol. The Labute approximate surface area is 87.2 Å². The van der Waals surface area contributed by atoms with Crippen LogP contribution in [0.5, 0.6) is 0 Å². The van der Waals surface area contributed by atoms with E-state index in [2.05, 4.69) is 15.2 Å². The molecule has 0 amide bonds. The summed E-state index contributed by atoms with van der Waals surface area (Å²) < 4.78 is 3.47. The number of aliphatic hydroxyl groups excluding tert-OH is 1. The number of rotatable bonds is 4. The Balaban J connectivity index is 1.98. The van der Waals surface area contributed by atoms with E-state index in [9.17, 15) is 0 Å². The van der Waals surface area contributed by atoms with Crippen molar-refractivity contribution in [2.75, 3.05) is 0 Å². The van der Waals surface area contributed by atoms with Gasteiger partial charge in [-0.3, -0.25) is 4.68 Å². The second-order valence-corrected chi connectivity index (χ2v) is 3.33. The number of aryl methyl sites for hydroxylation is 3. The molecule has 0 atom stereocenters. The lowest BCUT2D eigenvalue weighted by molar-refractivity contribution is 0.262. The molecular weight excluding hydrogens is 194 g/mol. The minimum atomic E-state index is -0.0763. The fraction of sp³-hybridized carbons (Fsp3) is 0.444. The van der Waals surface area contributed by atoms with Crippen LogP contribution in [0, 0.1) is 0 Å². The molecule has 0 radical (unpaired) electrons. The summed E-state index contributed by atoms with van der Waals surface area (Å²) in [6.07, 6.45) is 6.09. The van der Waals surface area contributed by atoms with Crippen molar-refractivity contribution in [2.24, 2.45) is 7.05 Å². The van der Waals surface area contributed by atoms with Crippen molar-refractivity contribution in [1.82, 2.24) is 24.5 Å². The van der Waals surface area contributed by atoms with Crippen LogP contribution in [0.25, 0.3) is 0 Å². The van der Waals surface area contributed by atoms with Crippen LogP contribution < -0.4 is 0 Å². The molecule has 0 saturated carbocycles. The Kier molecular flexibility index (Phi) is 2.77. The van der Waals surface area contributed by atoms with Gasteiger partial charge in [0, 0.05) is 19.8 Å². The molecule has 2 aromatic heterocycles. The van der Waals surface area contributed by atoms with E-state index in [0.29, 0.717) is 12.4 Å². The fourth-order valence-electron chi connectivity index (χ4n) is 1.43. The minimum absolute atomic E-state index is 0.0763. The first-order valence-electron chi connectivity index (χ1n) is 4.74. The van der Waals surface area contributed by atoms with Gasteiger partial charge >= 0.3 is 0 Å². The summed E-state index contributed by atoms with van der Waals surface area (Å²) in [4.78, 5) is 3.93. The lowest BCUT2D eigenvalue weighted by Crippen LogP contribution is -2.07. The normalized spacial score (nSPS) is 10.8. The number of nitrogens with zero attached hydrogens (tertiary/aromatic N) is 5. The van der Waals surface area contributed by atoms with E-state index in [4.69, 9.17) is 5.11 Å². The summed E-state index contributed by atoms with van der Waals surface area (Å²) in [6.45, 7) is 0.634. The van der Waals surface area contributed by atoms with Crippen molar-refractivity contribution < 1.29 is 5.11 Å². The average molecular weight is 207 g/mol. The summed E-state index contributed by atoms with van der Waals surface area (Å²) in [5.41, 5.74) is 1.15. The molecule has 0 aliphatic carbocycles. The average Bonchev–Trinajstić information content (AvgIpc) is 2.83. The second-order valence-electron chi connectivity index (χ2n) is 3.33. The lowest BCUT2D eigenvalue weighted by Gasteiger charge is -2.01. The number of aromatic nitrogens is 5. The van der Waals surface area contributed by atoms with Gasteiger partial charge in [0.25, 0.3) is 0 Å². The molecule has 0 bridgehead atoms. The van der Waals surface area contributed by atoms with E-state index in [1.807, 2.05) is 19.4 Å². The van der Waals surface area contributed by atoms with Gasteiger partial charge in [-0.2, -0.15) is 10.2 Å². The first kappa shape index (κ1) is 9.85. The van der Waals surface area contributed by atoms with Gasteiger partial charge in [-0.15, -0.1) is 0 Å². The van der Waals surface area contributed by atoms with Gasteiger partial charge in [0.15, 0.2) is 5.82 Å². The molecule has 0 unspecified atom stereocenters. The molecule has 15 heavy (non-hydrogen) atoms. The van der Waals surface area contributed by atoms with Crippen molar-refractivity contribution in [2.45, 2.75) is 19.6 Å². The smallest absolute Gasteiger partial charge is 0.152 e. The molecule has 0 aromatic carbocycles. The van der Waals surface area contributed by atoms with Crippen LogP contribution in [-0.2, 0) is 26.6 Å². The summed E-state index contributed by atoms with van der Waals surface area (Å²) in [6, 6.07) is 0. The predicted octanol–water partition coefficient (Wildman–Crippen LogP) is -0.253. The molecule has 6 heteroatoms. The zero-order valence-corrected chi connectivity index (χ0v) is 8.54. The highest BCUT2D eigenvalue weighted by atomic mass is 16.3. The van der Waals surface area contributed by atoms with E-state index >= 15 is 0 Å². The number of hydrogen-bond donors (Lipinski definition) is 1. The van der Waals surface area contributed by atoms with Crippen molar-refractivity contribution in [3.63, 3.8) is 0 Å². The molecule has 0 fully saturated rings. The van der Waals surface area contributed by atoms with Gasteiger partial charge < -0.3 is 5.11 Å². The Hall–Kier alpha value is -1.69. The van der Waals surface area contributed by atoms with Gasteiger partial charge in [0.1, 0.15) is 12.9 Å². The molecular formula is C9H13N5O. The Morgan fingerprint density at radius 2 is 2.27 bits per heavy atom. The van der Waals surface area contributed by atoms with Gasteiger partial charge in [0.05, 0.1) is 6.20 Å². The van der Waals surface area contributed by atoms with Crippen molar-refractivity contribution in [3.8, 4) is 0 Å². The third kappa shape index (κ3) is 2.21. The molecule has 0 spiro atoms. The van der Waals surface area contributed by atoms with E-state index in [0.717, 1.165) is 12.0 Å². The zero-order chi connectivity index (χ0) is 10.7. The zero-order valence-electron chi connectivity index (χ0n) is 8.54. The summed E-state index contributed by atoms with van der Waals surface area (Å²) in [5, 5.41) is 17.1. The first-order valence-corrected chi connectivity index (χ1v) is 4.74. The fourth-order valence-corrected chi connectivity index (χ4v) is 1.43. The third-order valence-electron chi connectivity index (χ3n) is 2.21. The van der Waals surface area contributed by atoms with Crippen LogP contribution in [-0.4, -0.2) is 29.7 Å². The Bertz CT molecular complexity index is 433. The van der Waals surface area contributed by atoms with Crippen LogP contribution in [0.2, 0.25) is 0 Å². The Morgan fingerprint density at radius 3 is 2.93 bits per heavy atom. The maximum atomic E-state index is 8.97. The van der Waals surface area contributed by atoms with Crippen LogP contribution in [0.1, 0.15) is 11.4 Å². The van der Waals surface area contributed by atoms with E-state index in [-0.39, 0.29) is 6.61 Å².